The van der Waals surface area contributed by atoms with Crippen LogP contribution in [-0.2, 0) is 40.4 Å². The lowest BCUT2D eigenvalue weighted by atomic mass is 9.86. The number of rotatable bonds is 11. The molecule has 3 aromatic rings. The summed E-state index contributed by atoms with van der Waals surface area (Å²) < 4.78 is 68.7. The standard InChI is InChI=1S/C33H40F3N3O3S/c1-32(2,3)37-22-24-16-18-29-25(19-24)11-7-14-30(29)38-31(40)21-27(17-15-23-9-5-4-6-10-23)39-43(41,42)28-13-8-12-26(20-28)33(34,35)36/h4-6,8-10,12-13,16,18-20,27,30,37,39H,7,11,14-15,17,21-22H2,1-3H3,(H,38,40)/t27-,30+/m0/s1. The number of carbonyl (C=O) groups excluding carboxylic acids is 1. The van der Waals surface area contributed by atoms with Gasteiger partial charge in [0.2, 0.25) is 15.9 Å². The van der Waals surface area contributed by atoms with Crippen LogP contribution < -0.4 is 15.4 Å². The second-order valence-electron chi connectivity index (χ2n) is 12.2. The van der Waals surface area contributed by atoms with Crippen LogP contribution in [-0.4, -0.2) is 25.9 Å². The molecule has 3 N–H and O–H groups in total. The lowest BCUT2D eigenvalue weighted by Crippen LogP contribution is -2.40. The van der Waals surface area contributed by atoms with E-state index in [-0.39, 0.29) is 23.9 Å². The second kappa shape index (κ2) is 13.6. The third-order valence-corrected chi connectivity index (χ3v) is 9.05. The molecule has 2 atom stereocenters. The topological polar surface area (TPSA) is 87.3 Å². The van der Waals surface area contributed by atoms with Crippen molar-refractivity contribution in [1.82, 2.24) is 15.4 Å². The first-order valence-electron chi connectivity index (χ1n) is 14.6. The van der Waals surface area contributed by atoms with Gasteiger partial charge in [0.05, 0.1) is 16.5 Å². The Kier molecular flexibility index (Phi) is 10.4. The second-order valence-corrected chi connectivity index (χ2v) is 13.9. The Morgan fingerprint density at radius 1 is 0.953 bits per heavy atom. The summed E-state index contributed by atoms with van der Waals surface area (Å²) in [5.74, 6) is -0.318. The first kappa shape index (κ1) is 32.7. The van der Waals surface area contributed by atoms with Crippen LogP contribution >= 0.6 is 0 Å². The van der Waals surface area contributed by atoms with Crippen LogP contribution in [0.1, 0.15) is 80.3 Å². The maximum atomic E-state index is 13.3. The summed E-state index contributed by atoms with van der Waals surface area (Å²) in [7, 11) is -4.33. The van der Waals surface area contributed by atoms with E-state index in [1.54, 1.807) is 0 Å². The molecule has 1 amide bonds. The molecule has 1 aliphatic rings. The molecule has 4 rings (SSSR count). The van der Waals surface area contributed by atoms with E-state index in [9.17, 15) is 26.4 Å². The van der Waals surface area contributed by atoms with Crippen LogP contribution in [0, 0.1) is 0 Å². The number of carbonyl (C=O) groups is 1. The molecule has 232 valence electrons. The molecule has 6 nitrogen and oxygen atoms in total. The van der Waals surface area contributed by atoms with Gasteiger partial charge < -0.3 is 10.6 Å². The molecule has 0 unspecified atom stereocenters. The zero-order valence-electron chi connectivity index (χ0n) is 24.8. The molecule has 0 radical (unpaired) electrons. The maximum absolute atomic E-state index is 13.3. The number of benzene rings is 3. The largest absolute Gasteiger partial charge is 0.416 e. The third kappa shape index (κ3) is 9.64. The normalized spacial score (nSPS) is 16.4. The molecular formula is C33H40F3N3O3S. The quantitative estimate of drug-likeness (QED) is 0.231. The molecule has 1 aliphatic carbocycles. The average molecular weight is 616 g/mol. The van der Waals surface area contributed by atoms with Crippen LogP contribution in [0.25, 0.3) is 0 Å². The molecule has 0 aliphatic heterocycles. The molecule has 0 saturated carbocycles. The lowest BCUT2D eigenvalue weighted by molar-refractivity contribution is -0.137. The maximum Gasteiger partial charge on any atom is 0.416 e. The van der Waals surface area contributed by atoms with Crippen molar-refractivity contribution in [2.45, 2.75) is 94.5 Å². The van der Waals surface area contributed by atoms with E-state index >= 15 is 0 Å². The number of fused-ring (bicyclic) bond motifs is 1. The number of nitrogens with one attached hydrogen (secondary N) is 3. The minimum Gasteiger partial charge on any atom is -0.349 e. The Labute approximate surface area is 252 Å². The van der Waals surface area contributed by atoms with Crippen molar-refractivity contribution in [2.75, 3.05) is 0 Å². The van der Waals surface area contributed by atoms with Crippen LogP contribution in [0.4, 0.5) is 13.2 Å². The number of hydrogen-bond donors (Lipinski definition) is 3. The van der Waals surface area contributed by atoms with Crippen molar-refractivity contribution >= 4 is 15.9 Å². The van der Waals surface area contributed by atoms with Gasteiger partial charge in [-0.1, -0.05) is 54.6 Å². The Morgan fingerprint density at radius 2 is 1.70 bits per heavy atom. The van der Waals surface area contributed by atoms with Gasteiger partial charge in [0, 0.05) is 24.5 Å². The van der Waals surface area contributed by atoms with Gasteiger partial charge in [0.15, 0.2) is 0 Å². The number of halogens is 3. The van der Waals surface area contributed by atoms with E-state index in [2.05, 4.69) is 54.3 Å². The van der Waals surface area contributed by atoms with Gasteiger partial charge >= 0.3 is 6.18 Å². The first-order chi connectivity index (χ1) is 20.2. The first-order valence-corrected chi connectivity index (χ1v) is 16.1. The van der Waals surface area contributed by atoms with E-state index in [1.807, 2.05) is 30.3 Å². The van der Waals surface area contributed by atoms with Gasteiger partial charge in [0.25, 0.3) is 0 Å². The van der Waals surface area contributed by atoms with Crippen LogP contribution in [0.15, 0.2) is 77.7 Å². The van der Waals surface area contributed by atoms with Crippen LogP contribution in [0.5, 0.6) is 0 Å². The van der Waals surface area contributed by atoms with E-state index < -0.39 is 32.7 Å². The van der Waals surface area contributed by atoms with E-state index in [0.29, 0.717) is 18.9 Å². The highest BCUT2D eigenvalue weighted by Gasteiger charge is 2.32. The Bertz CT molecular complexity index is 1500. The SMILES string of the molecule is CC(C)(C)NCc1ccc2c(c1)CCC[C@H]2NC(=O)C[C@H](CCc1ccccc1)NS(=O)(=O)c1cccc(C(F)(F)F)c1. The molecule has 0 spiro atoms. The van der Waals surface area contributed by atoms with Gasteiger partial charge in [-0.2, -0.15) is 13.2 Å². The number of amides is 1. The van der Waals surface area contributed by atoms with Crippen molar-refractivity contribution in [2.24, 2.45) is 0 Å². The summed E-state index contributed by atoms with van der Waals surface area (Å²) in [6.45, 7) is 7.08. The molecule has 0 saturated heterocycles. The molecule has 0 fully saturated rings. The number of alkyl halides is 3. The molecular weight excluding hydrogens is 575 g/mol. The van der Waals surface area contributed by atoms with E-state index in [4.69, 9.17) is 0 Å². The summed E-state index contributed by atoms with van der Waals surface area (Å²) in [5, 5.41) is 6.59. The summed E-state index contributed by atoms with van der Waals surface area (Å²) >= 11 is 0. The Balaban J connectivity index is 1.48. The lowest BCUT2D eigenvalue weighted by Gasteiger charge is -2.28. The van der Waals surface area contributed by atoms with Crippen molar-refractivity contribution < 1.29 is 26.4 Å². The van der Waals surface area contributed by atoms with Crippen LogP contribution in [0.2, 0.25) is 0 Å². The molecule has 43 heavy (non-hydrogen) atoms. The van der Waals surface area contributed by atoms with Gasteiger partial charge in [-0.05, 0) is 93.3 Å². The van der Waals surface area contributed by atoms with E-state index in [0.717, 1.165) is 55.1 Å². The fourth-order valence-corrected chi connectivity index (χ4v) is 6.60. The summed E-state index contributed by atoms with van der Waals surface area (Å²) in [4.78, 5) is 12.8. The van der Waals surface area contributed by atoms with Gasteiger partial charge in [-0.15, -0.1) is 0 Å². The smallest absolute Gasteiger partial charge is 0.349 e. The number of sulfonamides is 1. The Hall–Kier alpha value is -3.21. The van der Waals surface area contributed by atoms with Gasteiger partial charge in [0.1, 0.15) is 0 Å². The van der Waals surface area contributed by atoms with Gasteiger partial charge in [-0.3, -0.25) is 4.79 Å². The number of hydrogen-bond acceptors (Lipinski definition) is 4. The Morgan fingerprint density at radius 3 is 2.40 bits per heavy atom. The average Bonchev–Trinajstić information content (AvgIpc) is 2.94. The highest BCUT2D eigenvalue weighted by Crippen LogP contribution is 2.32. The summed E-state index contributed by atoms with van der Waals surface area (Å²) in [5.41, 5.74) is 3.32. The predicted octanol–water partition coefficient (Wildman–Crippen LogP) is 6.46. The van der Waals surface area contributed by atoms with Crippen molar-refractivity contribution in [3.63, 3.8) is 0 Å². The summed E-state index contributed by atoms with van der Waals surface area (Å²) in [6, 6.07) is 18.3. The van der Waals surface area contributed by atoms with Crippen molar-refractivity contribution in [3.8, 4) is 0 Å². The molecule has 3 aromatic carbocycles. The zero-order chi connectivity index (χ0) is 31.3. The van der Waals surface area contributed by atoms with E-state index in [1.165, 1.54) is 11.1 Å². The van der Waals surface area contributed by atoms with Gasteiger partial charge in [-0.25, -0.2) is 13.1 Å². The predicted molar refractivity (Wildman–Crippen MR) is 162 cm³/mol. The molecule has 0 aromatic heterocycles. The monoisotopic (exact) mass is 615 g/mol. The minimum absolute atomic E-state index is 0.00783. The highest BCUT2D eigenvalue weighted by molar-refractivity contribution is 7.89. The summed E-state index contributed by atoms with van der Waals surface area (Å²) in [6.07, 6.45) is -1.45. The zero-order valence-corrected chi connectivity index (χ0v) is 25.6. The van der Waals surface area contributed by atoms with Crippen molar-refractivity contribution in [3.05, 3.63) is 101 Å². The fourth-order valence-electron chi connectivity index (χ4n) is 5.29. The molecule has 10 heteroatoms. The third-order valence-electron chi connectivity index (χ3n) is 7.53. The molecule has 0 bridgehead atoms. The fraction of sp³-hybridized carbons (Fsp3) is 0.424. The van der Waals surface area contributed by atoms with Crippen LogP contribution in [0.3, 0.4) is 0 Å². The number of aryl methyl sites for hydroxylation is 2. The molecule has 0 heterocycles. The van der Waals surface area contributed by atoms with Crippen molar-refractivity contribution in [1.29, 1.82) is 0 Å². The minimum atomic E-state index is -4.68. The highest BCUT2D eigenvalue weighted by atomic mass is 32.2.